The van der Waals surface area contributed by atoms with Gasteiger partial charge in [-0.05, 0) is 37.9 Å². The molecule has 0 aliphatic carbocycles. The topological polar surface area (TPSA) is 54.0 Å². The molecule has 2 N–H and O–H groups in total. The normalized spacial score (nSPS) is 19.1. The van der Waals surface area contributed by atoms with Crippen LogP contribution in [0.2, 0.25) is 0 Å². The first kappa shape index (κ1) is 13.5. The maximum atomic E-state index is 12.0. The van der Waals surface area contributed by atoms with Crippen LogP contribution >= 0.6 is 11.3 Å². The third-order valence-electron chi connectivity index (χ3n) is 3.67. The summed E-state index contributed by atoms with van der Waals surface area (Å²) in [6.07, 6.45) is 5.20. The third kappa shape index (κ3) is 3.35. The van der Waals surface area contributed by atoms with Gasteiger partial charge in [-0.2, -0.15) is 0 Å². The Morgan fingerprint density at radius 2 is 2.30 bits per heavy atom. The second kappa shape index (κ2) is 6.33. The van der Waals surface area contributed by atoms with E-state index < -0.39 is 0 Å². The van der Waals surface area contributed by atoms with Gasteiger partial charge in [-0.1, -0.05) is 29.9 Å². The second-order valence-electron chi connectivity index (χ2n) is 5.22. The molecule has 0 saturated carbocycles. The van der Waals surface area contributed by atoms with E-state index in [1.54, 1.807) is 0 Å². The van der Waals surface area contributed by atoms with E-state index >= 15 is 0 Å². The standard InChI is InChI=1S/C15H19N3OS/c19-14(9-8-11-5-3-4-10-16-11)18-15-17-12-6-1-2-7-13(12)20-15/h1-2,6-7,11,16H,3-5,8-10H2,(H,17,18,19). The molecule has 0 bridgehead atoms. The van der Waals surface area contributed by atoms with E-state index in [-0.39, 0.29) is 5.91 Å². The van der Waals surface area contributed by atoms with Crippen molar-refractivity contribution in [2.75, 3.05) is 11.9 Å². The van der Waals surface area contributed by atoms with Crippen molar-refractivity contribution in [3.63, 3.8) is 0 Å². The molecule has 20 heavy (non-hydrogen) atoms. The zero-order valence-corrected chi connectivity index (χ0v) is 12.2. The number of piperidine rings is 1. The molecule has 1 aliphatic rings. The molecule has 1 fully saturated rings. The van der Waals surface area contributed by atoms with Gasteiger partial charge in [0.25, 0.3) is 0 Å². The number of carbonyl (C=O) groups is 1. The number of hydrogen-bond donors (Lipinski definition) is 2. The Hall–Kier alpha value is -1.46. The second-order valence-corrected chi connectivity index (χ2v) is 6.25. The van der Waals surface area contributed by atoms with Crippen LogP contribution in [0.1, 0.15) is 32.1 Å². The van der Waals surface area contributed by atoms with Crippen LogP contribution in [0.25, 0.3) is 10.2 Å². The highest BCUT2D eigenvalue weighted by Gasteiger charge is 2.14. The van der Waals surface area contributed by atoms with Crippen molar-refractivity contribution >= 4 is 32.6 Å². The zero-order valence-electron chi connectivity index (χ0n) is 11.4. The van der Waals surface area contributed by atoms with Crippen LogP contribution in [0.4, 0.5) is 5.13 Å². The predicted octanol–water partition coefficient (Wildman–Crippen LogP) is 3.16. The van der Waals surface area contributed by atoms with E-state index in [2.05, 4.69) is 15.6 Å². The highest BCUT2D eigenvalue weighted by atomic mass is 32.1. The number of nitrogens with one attached hydrogen (secondary N) is 2. The summed E-state index contributed by atoms with van der Waals surface area (Å²) < 4.78 is 1.11. The van der Waals surface area contributed by atoms with E-state index in [0.717, 1.165) is 23.2 Å². The minimum Gasteiger partial charge on any atom is -0.314 e. The molecule has 1 saturated heterocycles. The van der Waals surface area contributed by atoms with Crippen molar-refractivity contribution in [3.8, 4) is 0 Å². The minimum atomic E-state index is 0.0661. The average Bonchev–Trinajstić information content (AvgIpc) is 2.88. The number of nitrogens with zero attached hydrogens (tertiary/aromatic N) is 1. The van der Waals surface area contributed by atoms with Crippen molar-refractivity contribution in [2.45, 2.75) is 38.1 Å². The molecular weight excluding hydrogens is 270 g/mol. The van der Waals surface area contributed by atoms with Gasteiger partial charge in [-0.3, -0.25) is 4.79 Å². The van der Waals surface area contributed by atoms with Gasteiger partial charge in [0.15, 0.2) is 5.13 Å². The maximum absolute atomic E-state index is 12.0. The number of carbonyl (C=O) groups excluding carboxylic acids is 1. The molecule has 2 aromatic rings. The number of thiazole rings is 1. The molecule has 0 radical (unpaired) electrons. The van der Waals surface area contributed by atoms with Crippen LogP contribution in [-0.2, 0) is 4.79 Å². The molecule has 1 unspecified atom stereocenters. The van der Waals surface area contributed by atoms with Crippen LogP contribution in [0.15, 0.2) is 24.3 Å². The molecular formula is C15H19N3OS. The fourth-order valence-corrected chi connectivity index (χ4v) is 3.47. The molecule has 2 heterocycles. The van der Waals surface area contributed by atoms with Crippen LogP contribution in [0.5, 0.6) is 0 Å². The summed E-state index contributed by atoms with van der Waals surface area (Å²) in [4.78, 5) is 16.4. The van der Waals surface area contributed by atoms with E-state index in [4.69, 9.17) is 0 Å². The molecule has 106 valence electrons. The Kier molecular flexibility index (Phi) is 4.28. The molecule has 0 spiro atoms. The van der Waals surface area contributed by atoms with Gasteiger partial charge in [-0.25, -0.2) is 4.98 Å². The number of amides is 1. The lowest BCUT2D eigenvalue weighted by Gasteiger charge is -2.22. The highest BCUT2D eigenvalue weighted by molar-refractivity contribution is 7.22. The van der Waals surface area contributed by atoms with E-state index in [1.807, 2.05) is 24.3 Å². The van der Waals surface area contributed by atoms with Gasteiger partial charge in [0.1, 0.15) is 0 Å². The largest absolute Gasteiger partial charge is 0.314 e. The Morgan fingerprint density at radius 3 is 3.10 bits per heavy atom. The minimum absolute atomic E-state index is 0.0661. The molecule has 1 aromatic heterocycles. The monoisotopic (exact) mass is 289 g/mol. The van der Waals surface area contributed by atoms with E-state index in [1.165, 1.54) is 30.6 Å². The van der Waals surface area contributed by atoms with Gasteiger partial charge in [0.2, 0.25) is 5.91 Å². The number of fused-ring (bicyclic) bond motifs is 1. The molecule has 1 atom stereocenters. The summed E-state index contributed by atoms with van der Waals surface area (Å²) >= 11 is 1.53. The number of rotatable bonds is 4. The highest BCUT2D eigenvalue weighted by Crippen LogP contribution is 2.25. The predicted molar refractivity (Wildman–Crippen MR) is 83.1 cm³/mol. The van der Waals surface area contributed by atoms with Crippen molar-refractivity contribution in [2.24, 2.45) is 0 Å². The summed E-state index contributed by atoms with van der Waals surface area (Å²) in [7, 11) is 0. The summed E-state index contributed by atoms with van der Waals surface area (Å²) in [5.74, 6) is 0.0661. The zero-order chi connectivity index (χ0) is 13.8. The van der Waals surface area contributed by atoms with E-state index in [9.17, 15) is 4.79 Å². The number of benzene rings is 1. The van der Waals surface area contributed by atoms with Crippen LogP contribution in [0, 0.1) is 0 Å². The Morgan fingerprint density at radius 1 is 1.40 bits per heavy atom. The maximum Gasteiger partial charge on any atom is 0.226 e. The van der Waals surface area contributed by atoms with Crippen molar-refractivity contribution in [1.29, 1.82) is 0 Å². The van der Waals surface area contributed by atoms with Gasteiger partial charge < -0.3 is 10.6 Å². The van der Waals surface area contributed by atoms with Gasteiger partial charge in [-0.15, -0.1) is 0 Å². The third-order valence-corrected chi connectivity index (χ3v) is 4.62. The lowest BCUT2D eigenvalue weighted by molar-refractivity contribution is -0.116. The first-order valence-corrected chi connectivity index (χ1v) is 8.02. The van der Waals surface area contributed by atoms with E-state index in [0.29, 0.717) is 17.6 Å². The Bertz CT molecular complexity index is 557. The van der Waals surface area contributed by atoms with Crippen molar-refractivity contribution in [3.05, 3.63) is 24.3 Å². The number of hydrogen-bond acceptors (Lipinski definition) is 4. The van der Waals surface area contributed by atoms with Crippen molar-refractivity contribution in [1.82, 2.24) is 10.3 Å². The van der Waals surface area contributed by atoms with Gasteiger partial charge in [0.05, 0.1) is 10.2 Å². The van der Waals surface area contributed by atoms with Gasteiger partial charge in [0, 0.05) is 12.5 Å². The molecule has 3 rings (SSSR count). The number of para-hydroxylation sites is 1. The first-order chi connectivity index (χ1) is 9.81. The molecule has 4 nitrogen and oxygen atoms in total. The molecule has 5 heteroatoms. The SMILES string of the molecule is O=C(CCC1CCCCN1)Nc1nc2ccccc2s1. The number of aromatic nitrogens is 1. The Balaban J connectivity index is 1.52. The van der Waals surface area contributed by atoms with Crippen LogP contribution in [0.3, 0.4) is 0 Å². The van der Waals surface area contributed by atoms with Gasteiger partial charge >= 0.3 is 0 Å². The van der Waals surface area contributed by atoms with Crippen molar-refractivity contribution < 1.29 is 4.79 Å². The summed E-state index contributed by atoms with van der Waals surface area (Å²) in [5, 5.41) is 7.08. The first-order valence-electron chi connectivity index (χ1n) is 7.20. The average molecular weight is 289 g/mol. The smallest absolute Gasteiger partial charge is 0.226 e. The van der Waals surface area contributed by atoms with Crippen LogP contribution < -0.4 is 10.6 Å². The lowest BCUT2D eigenvalue weighted by Crippen LogP contribution is -2.34. The number of anilines is 1. The molecule has 1 aromatic carbocycles. The molecule has 1 amide bonds. The fourth-order valence-electron chi connectivity index (χ4n) is 2.58. The summed E-state index contributed by atoms with van der Waals surface area (Å²) in [6.45, 7) is 1.09. The lowest BCUT2D eigenvalue weighted by atomic mass is 10.0. The quantitative estimate of drug-likeness (QED) is 0.909. The fraction of sp³-hybridized carbons (Fsp3) is 0.467. The summed E-state index contributed by atoms with van der Waals surface area (Å²) in [6, 6.07) is 8.44. The summed E-state index contributed by atoms with van der Waals surface area (Å²) in [5.41, 5.74) is 0.946. The van der Waals surface area contributed by atoms with Crippen LogP contribution in [-0.4, -0.2) is 23.5 Å². The Labute approximate surface area is 122 Å². The molecule has 1 aliphatic heterocycles.